The maximum absolute atomic E-state index is 15.5. The number of carbonyl (C=O) groups excluding carboxylic acids is 3. The van der Waals surface area contributed by atoms with Crippen LogP contribution in [0.5, 0.6) is 0 Å². The molecule has 0 bridgehead atoms. The summed E-state index contributed by atoms with van der Waals surface area (Å²) in [6, 6.07) is 12.5. The molecule has 1 aliphatic heterocycles. The third-order valence-electron chi connectivity index (χ3n) is 7.20. The van der Waals surface area contributed by atoms with E-state index in [1.165, 1.54) is 48.8 Å². The van der Waals surface area contributed by atoms with E-state index in [0.29, 0.717) is 5.56 Å². The van der Waals surface area contributed by atoms with Gasteiger partial charge in [-0.05, 0) is 54.5 Å². The van der Waals surface area contributed by atoms with Crippen molar-refractivity contribution in [2.75, 3.05) is 23.7 Å². The van der Waals surface area contributed by atoms with Gasteiger partial charge in [0.1, 0.15) is 23.7 Å². The molecule has 3 aromatic carbocycles. The monoisotopic (exact) mass is 659 g/mol. The number of nitrogens with one attached hydrogen (secondary N) is 3. The number of aromatic nitrogens is 2. The molecule has 0 saturated carbocycles. The third kappa shape index (κ3) is 7.57. The molecular weight excluding hydrogens is 635 g/mol. The van der Waals surface area contributed by atoms with Gasteiger partial charge in [-0.15, -0.1) is 0 Å². The zero-order chi connectivity index (χ0) is 33.7. The predicted molar refractivity (Wildman–Crippen MR) is 169 cm³/mol. The lowest BCUT2D eigenvalue weighted by molar-refractivity contribution is -0.135. The van der Waals surface area contributed by atoms with E-state index in [-0.39, 0.29) is 51.9 Å². The fourth-order valence-corrected chi connectivity index (χ4v) is 5.22. The summed E-state index contributed by atoms with van der Waals surface area (Å²) >= 11 is 6.10. The van der Waals surface area contributed by atoms with Gasteiger partial charge in [-0.2, -0.15) is 0 Å². The standard InChI is InChI=1S/C33H25ClF3N7O3/c34-24-14-19(35)7-8-21(24)22-3-1-4-26(30(22)37)43-33(47)27-15-20(36)17-44(27)29(45)16-42-25-9-5-18(13-23(25)31(38)32(39)46)6-10-28-40-11-2-12-41-28/h1-5,7-9,11-14,20,27,38,42H,15-17H2,(H2,39,46)(H,43,47). The number of nitrogens with zero attached hydrogens (tertiary/aromatic N) is 3. The molecular formula is C33H25ClF3N7O3. The van der Waals surface area contributed by atoms with Gasteiger partial charge in [-0.1, -0.05) is 29.7 Å². The van der Waals surface area contributed by atoms with Crippen molar-refractivity contribution >= 4 is 46.4 Å². The van der Waals surface area contributed by atoms with Crippen LogP contribution < -0.4 is 16.4 Å². The Kier molecular flexibility index (Phi) is 9.82. The Morgan fingerprint density at radius 1 is 1.00 bits per heavy atom. The largest absolute Gasteiger partial charge is 0.376 e. The molecule has 2 heterocycles. The lowest BCUT2D eigenvalue weighted by Gasteiger charge is -2.24. The van der Waals surface area contributed by atoms with E-state index in [1.54, 1.807) is 12.1 Å². The van der Waals surface area contributed by atoms with Crippen LogP contribution in [-0.2, 0) is 14.4 Å². The van der Waals surface area contributed by atoms with Crippen molar-refractivity contribution in [3.05, 3.63) is 107 Å². The fraction of sp³-hybridized carbons (Fsp3) is 0.152. The molecule has 4 aromatic rings. The van der Waals surface area contributed by atoms with Crippen molar-refractivity contribution in [1.29, 1.82) is 5.41 Å². The molecule has 5 N–H and O–H groups in total. The maximum Gasteiger partial charge on any atom is 0.267 e. The minimum Gasteiger partial charge on any atom is -0.376 e. The molecule has 2 unspecified atom stereocenters. The van der Waals surface area contributed by atoms with Crippen molar-refractivity contribution in [3.8, 4) is 23.0 Å². The average molecular weight is 660 g/mol. The third-order valence-corrected chi connectivity index (χ3v) is 7.51. The number of hydrogen-bond acceptors (Lipinski definition) is 7. The highest BCUT2D eigenvalue weighted by molar-refractivity contribution is 6.44. The minimum atomic E-state index is -1.52. The van der Waals surface area contributed by atoms with Crippen molar-refractivity contribution in [1.82, 2.24) is 14.9 Å². The van der Waals surface area contributed by atoms with Gasteiger partial charge >= 0.3 is 0 Å². The van der Waals surface area contributed by atoms with Crippen LogP contribution in [0.2, 0.25) is 5.02 Å². The number of rotatable bonds is 8. The molecule has 1 saturated heterocycles. The summed E-state index contributed by atoms with van der Waals surface area (Å²) in [4.78, 5) is 47.4. The predicted octanol–water partition coefficient (Wildman–Crippen LogP) is 4.32. The summed E-state index contributed by atoms with van der Waals surface area (Å²) in [7, 11) is 0. The number of halogens is 4. The first kappa shape index (κ1) is 32.6. The van der Waals surface area contributed by atoms with E-state index in [0.717, 1.165) is 17.0 Å². The maximum atomic E-state index is 15.5. The Hall–Kier alpha value is -5.74. The van der Waals surface area contributed by atoms with E-state index in [2.05, 4.69) is 32.4 Å². The van der Waals surface area contributed by atoms with Crippen LogP contribution in [0, 0.1) is 28.9 Å². The van der Waals surface area contributed by atoms with Gasteiger partial charge in [-0.3, -0.25) is 19.8 Å². The van der Waals surface area contributed by atoms with Gasteiger partial charge in [0.25, 0.3) is 5.91 Å². The van der Waals surface area contributed by atoms with Crippen LogP contribution in [0.25, 0.3) is 11.1 Å². The number of primary amides is 1. The molecule has 1 aliphatic rings. The second-order valence-corrected chi connectivity index (χ2v) is 10.8. The fourth-order valence-electron chi connectivity index (χ4n) is 4.95. The summed E-state index contributed by atoms with van der Waals surface area (Å²) in [6.45, 7) is -0.822. The molecule has 10 nitrogen and oxygen atoms in total. The number of alkyl halides is 1. The molecule has 0 radical (unpaired) electrons. The molecule has 0 aliphatic carbocycles. The zero-order valence-corrected chi connectivity index (χ0v) is 25.1. The lowest BCUT2D eigenvalue weighted by Crippen LogP contribution is -2.45. The van der Waals surface area contributed by atoms with Crippen LogP contribution in [0.3, 0.4) is 0 Å². The van der Waals surface area contributed by atoms with E-state index >= 15 is 4.39 Å². The Bertz CT molecular complexity index is 1950. The Morgan fingerprint density at radius 2 is 1.77 bits per heavy atom. The number of likely N-dealkylation sites (tertiary alicyclic amines) is 1. The van der Waals surface area contributed by atoms with Gasteiger partial charge in [0.05, 0.1) is 23.8 Å². The van der Waals surface area contributed by atoms with Crippen LogP contribution in [0.4, 0.5) is 24.5 Å². The molecule has 2 atom stereocenters. The molecule has 14 heteroatoms. The van der Waals surface area contributed by atoms with E-state index in [9.17, 15) is 23.2 Å². The average Bonchev–Trinajstić information content (AvgIpc) is 3.46. The number of hydrogen-bond donors (Lipinski definition) is 4. The highest BCUT2D eigenvalue weighted by atomic mass is 35.5. The number of nitrogens with two attached hydrogens (primary N) is 1. The molecule has 47 heavy (non-hydrogen) atoms. The van der Waals surface area contributed by atoms with E-state index < -0.39 is 53.8 Å². The van der Waals surface area contributed by atoms with Gasteiger partial charge in [0, 0.05) is 46.8 Å². The second kappa shape index (κ2) is 14.1. The van der Waals surface area contributed by atoms with Crippen LogP contribution in [0.15, 0.2) is 73.1 Å². The summed E-state index contributed by atoms with van der Waals surface area (Å²) < 4.78 is 43.5. The van der Waals surface area contributed by atoms with Crippen molar-refractivity contribution in [3.63, 3.8) is 0 Å². The number of anilines is 2. The molecule has 1 fully saturated rings. The summed E-state index contributed by atoms with van der Waals surface area (Å²) in [6.07, 6.45) is 1.21. The van der Waals surface area contributed by atoms with Crippen LogP contribution in [0.1, 0.15) is 23.4 Å². The van der Waals surface area contributed by atoms with Gasteiger partial charge < -0.3 is 21.3 Å². The molecule has 0 spiro atoms. The topological polar surface area (TPSA) is 154 Å². The first-order valence-electron chi connectivity index (χ1n) is 14.1. The summed E-state index contributed by atoms with van der Waals surface area (Å²) in [5.74, 6) is 1.90. The normalized spacial score (nSPS) is 15.4. The Balaban J connectivity index is 1.31. The Morgan fingerprint density at radius 3 is 2.49 bits per heavy atom. The van der Waals surface area contributed by atoms with Crippen LogP contribution in [-0.4, -0.2) is 63.6 Å². The number of benzene rings is 3. The zero-order valence-electron chi connectivity index (χ0n) is 24.4. The second-order valence-electron chi connectivity index (χ2n) is 10.4. The minimum absolute atomic E-state index is 0.00227. The number of amides is 3. The molecule has 5 rings (SSSR count). The van der Waals surface area contributed by atoms with Gasteiger partial charge in [0.15, 0.2) is 5.82 Å². The SMILES string of the molecule is N=C(C(N)=O)c1cc(C#Cc2ncccn2)ccc1NCC(=O)N1CC(F)CC1C(=O)Nc1cccc(-c2ccc(F)cc2Cl)c1F. The smallest absolute Gasteiger partial charge is 0.267 e. The highest BCUT2D eigenvalue weighted by Gasteiger charge is 2.40. The molecule has 1 aromatic heterocycles. The highest BCUT2D eigenvalue weighted by Crippen LogP contribution is 2.34. The Labute approximate surface area is 271 Å². The van der Waals surface area contributed by atoms with E-state index in [4.69, 9.17) is 22.7 Å². The summed E-state index contributed by atoms with van der Waals surface area (Å²) in [5, 5.41) is 13.4. The number of carbonyl (C=O) groups is 3. The van der Waals surface area contributed by atoms with Gasteiger partial charge in [0.2, 0.25) is 17.6 Å². The van der Waals surface area contributed by atoms with E-state index in [1.807, 2.05) is 0 Å². The molecule has 3 amide bonds. The van der Waals surface area contributed by atoms with Gasteiger partial charge in [-0.25, -0.2) is 23.1 Å². The molecule has 238 valence electrons. The van der Waals surface area contributed by atoms with Crippen molar-refractivity contribution < 1.29 is 27.6 Å². The van der Waals surface area contributed by atoms with Crippen LogP contribution >= 0.6 is 11.6 Å². The first-order valence-corrected chi connectivity index (χ1v) is 14.4. The van der Waals surface area contributed by atoms with Crippen molar-refractivity contribution in [2.24, 2.45) is 5.73 Å². The summed E-state index contributed by atoms with van der Waals surface area (Å²) in [5.41, 5.74) is 5.42. The first-order chi connectivity index (χ1) is 22.5. The van der Waals surface area contributed by atoms with Crippen molar-refractivity contribution in [2.45, 2.75) is 18.6 Å². The lowest BCUT2D eigenvalue weighted by atomic mass is 10.0. The quantitative estimate of drug-likeness (QED) is 0.163.